The molecule has 1 aromatic rings. The minimum atomic E-state index is 0.170. The van der Waals surface area contributed by atoms with Gasteiger partial charge in [-0.15, -0.1) is 11.3 Å². The first-order chi connectivity index (χ1) is 5.85. The summed E-state index contributed by atoms with van der Waals surface area (Å²) < 4.78 is 0. The fraction of sp³-hybridized carbons (Fsp3) is 0.667. The molecule has 0 saturated heterocycles. The van der Waals surface area contributed by atoms with Crippen molar-refractivity contribution in [3.63, 3.8) is 0 Å². The first-order valence-corrected chi connectivity index (χ1v) is 5.26. The third kappa shape index (κ3) is 1.39. The van der Waals surface area contributed by atoms with Crippen LogP contribution in [-0.4, -0.2) is 10.1 Å². The Bertz CT molecular complexity index is 278. The Morgan fingerprint density at radius 1 is 1.58 bits per heavy atom. The molecule has 1 aromatic heterocycles. The molecule has 0 spiro atoms. The van der Waals surface area contributed by atoms with E-state index in [4.69, 9.17) is 5.11 Å². The van der Waals surface area contributed by atoms with Crippen molar-refractivity contribution >= 4 is 11.3 Å². The Morgan fingerprint density at radius 3 is 2.83 bits per heavy atom. The Balaban J connectivity index is 2.29. The van der Waals surface area contributed by atoms with Gasteiger partial charge in [0.25, 0.3) is 0 Å². The van der Waals surface area contributed by atoms with Gasteiger partial charge in [-0.25, -0.2) is 4.98 Å². The molecule has 0 aliphatic heterocycles. The van der Waals surface area contributed by atoms with Crippen LogP contribution in [0, 0.1) is 0 Å². The summed E-state index contributed by atoms with van der Waals surface area (Å²) in [6, 6.07) is 0. The van der Waals surface area contributed by atoms with Gasteiger partial charge in [0.2, 0.25) is 0 Å². The van der Waals surface area contributed by atoms with Crippen LogP contribution in [0.25, 0.3) is 0 Å². The van der Waals surface area contributed by atoms with Gasteiger partial charge in [0, 0.05) is 5.92 Å². The summed E-state index contributed by atoms with van der Waals surface area (Å²) in [7, 11) is 0. The minimum absolute atomic E-state index is 0.170. The molecule has 3 heteroatoms. The van der Waals surface area contributed by atoms with Crippen molar-refractivity contribution in [3.05, 3.63) is 15.6 Å². The molecule has 12 heavy (non-hydrogen) atoms. The SMILES string of the molecule is CCc1nc(C2CC2)c(CO)s1. The van der Waals surface area contributed by atoms with E-state index >= 15 is 0 Å². The number of aryl methyl sites for hydroxylation is 1. The van der Waals surface area contributed by atoms with E-state index in [-0.39, 0.29) is 6.61 Å². The normalized spacial score (nSPS) is 16.8. The molecule has 66 valence electrons. The Hall–Kier alpha value is -0.410. The Labute approximate surface area is 76.3 Å². The van der Waals surface area contributed by atoms with Gasteiger partial charge in [-0.1, -0.05) is 6.92 Å². The lowest BCUT2D eigenvalue weighted by Crippen LogP contribution is -1.87. The second kappa shape index (κ2) is 3.15. The number of rotatable bonds is 3. The molecule has 2 rings (SSSR count). The van der Waals surface area contributed by atoms with E-state index in [2.05, 4.69) is 11.9 Å². The van der Waals surface area contributed by atoms with Gasteiger partial charge in [0.1, 0.15) is 0 Å². The van der Waals surface area contributed by atoms with E-state index < -0.39 is 0 Å². The Morgan fingerprint density at radius 2 is 2.33 bits per heavy atom. The van der Waals surface area contributed by atoms with Crippen LogP contribution >= 0.6 is 11.3 Å². The van der Waals surface area contributed by atoms with Crippen LogP contribution in [-0.2, 0) is 13.0 Å². The molecule has 0 amide bonds. The van der Waals surface area contributed by atoms with Crippen molar-refractivity contribution in [1.29, 1.82) is 0 Å². The number of aliphatic hydroxyl groups excluding tert-OH is 1. The lowest BCUT2D eigenvalue weighted by Gasteiger charge is -1.92. The summed E-state index contributed by atoms with van der Waals surface area (Å²) in [5.41, 5.74) is 1.18. The fourth-order valence-corrected chi connectivity index (χ4v) is 2.31. The van der Waals surface area contributed by atoms with Gasteiger partial charge in [0.15, 0.2) is 0 Å². The average Bonchev–Trinajstić information content (AvgIpc) is 2.85. The lowest BCUT2D eigenvalue weighted by atomic mass is 10.2. The van der Waals surface area contributed by atoms with Gasteiger partial charge in [0.05, 0.1) is 22.2 Å². The molecule has 2 nitrogen and oxygen atoms in total. The molecule has 0 radical (unpaired) electrons. The van der Waals surface area contributed by atoms with Crippen molar-refractivity contribution in [2.24, 2.45) is 0 Å². The van der Waals surface area contributed by atoms with Crippen LogP contribution < -0.4 is 0 Å². The first kappa shape index (κ1) is 8.20. The second-order valence-electron chi connectivity index (χ2n) is 3.20. The summed E-state index contributed by atoms with van der Waals surface area (Å²) in [6.07, 6.45) is 3.52. The maximum atomic E-state index is 9.07. The molecule has 0 aromatic carbocycles. The summed E-state index contributed by atoms with van der Waals surface area (Å²) >= 11 is 1.67. The molecule has 1 N–H and O–H groups in total. The van der Waals surface area contributed by atoms with Crippen molar-refractivity contribution in [2.45, 2.75) is 38.7 Å². The summed E-state index contributed by atoms with van der Waals surface area (Å²) in [4.78, 5) is 5.61. The van der Waals surface area contributed by atoms with Crippen LogP contribution in [0.4, 0.5) is 0 Å². The maximum Gasteiger partial charge on any atom is 0.0929 e. The molecule has 1 aliphatic rings. The van der Waals surface area contributed by atoms with Gasteiger partial charge in [-0.3, -0.25) is 0 Å². The monoisotopic (exact) mass is 183 g/mol. The summed E-state index contributed by atoms with van der Waals surface area (Å²) in [5, 5.41) is 10.2. The van der Waals surface area contributed by atoms with Crippen molar-refractivity contribution < 1.29 is 5.11 Å². The third-order valence-corrected chi connectivity index (χ3v) is 3.38. The Kier molecular flexibility index (Phi) is 2.15. The van der Waals surface area contributed by atoms with Crippen LogP contribution in [0.2, 0.25) is 0 Å². The molecular weight excluding hydrogens is 170 g/mol. The molecular formula is C9H13NOS. The highest BCUT2D eigenvalue weighted by Crippen LogP contribution is 2.42. The quantitative estimate of drug-likeness (QED) is 0.778. The third-order valence-electron chi connectivity index (χ3n) is 2.18. The molecule has 0 bridgehead atoms. The van der Waals surface area contributed by atoms with Gasteiger partial charge < -0.3 is 5.11 Å². The number of hydrogen-bond donors (Lipinski definition) is 1. The minimum Gasteiger partial charge on any atom is -0.391 e. The number of thiazole rings is 1. The smallest absolute Gasteiger partial charge is 0.0929 e. The van der Waals surface area contributed by atoms with E-state index in [1.165, 1.54) is 23.5 Å². The fourth-order valence-electron chi connectivity index (χ4n) is 1.35. The van der Waals surface area contributed by atoms with E-state index in [1.807, 2.05) is 0 Å². The predicted octanol–water partition coefficient (Wildman–Crippen LogP) is 2.08. The largest absolute Gasteiger partial charge is 0.391 e. The highest BCUT2D eigenvalue weighted by Gasteiger charge is 2.28. The van der Waals surface area contributed by atoms with E-state index in [0.29, 0.717) is 5.92 Å². The summed E-state index contributed by atoms with van der Waals surface area (Å²) in [5.74, 6) is 0.670. The lowest BCUT2D eigenvalue weighted by molar-refractivity contribution is 0.284. The molecule has 1 saturated carbocycles. The van der Waals surface area contributed by atoms with Crippen molar-refractivity contribution in [1.82, 2.24) is 4.98 Å². The van der Waals surface area contributed by atoms with E-state index in [0.717, 1.165) is 11.3 Å². The van der Waals surface area contributed by atoms with E-state index in [1.54, 1.807) is 11.3 Å². The molecule has 0 unspecified atom stereocenters. The first-order valence-electron chi connectivity index (χ1n) is 4.44. The topological polar surface area (TPSA) is 33.1 Å². The van der Waals surface area contributed by atoms with E-state index in [9.17, 15) is 0 Å². The number of aliphatic hydroxyl groups is 1. The zero-order valence-corrected chi connectivity index (χ0v) is 8.02. The number of nitrogens with zero attached hydrogens (tertiary/aromatic N) is 1. The second-order valence-corrected chi connectivity index (χ2v) is 4.37. The molecule has 0 atom stereocenters. The van der Waals surface area contributed by atoms with Gasteiger partial charge in [-0.05, 0) is 19.3 Å². The average molecular weight is 183 g/mol. The number of aromatic nitrogens is 1. The van der Waals surface area contributed by atoms with Crippen LogP contribution in [0.15, 0.2) is 0 Å². The number of hydrogen-bond acceptors (Lipinski definition) is 3. The maximum absolute atomic E-state index is 9.07. The van der Waals surface area contributed by atoms with Crippen LogP contribution in [0.1, 0.15) is 41.3 Å². The van der Waals surface area contributed by atoms with Crippen molar-refractivity contribution in [3.8, 4) is 0 Å². The molecule has 1 heterocycles. The standard InChI is InChI=1S/C9H13NOS/c1-2-8-10-9(6-3-4-6)7(5-11)12-8/h6,11H,2-5H2,1H3. The van der Waals surface area contributed by atoms with Gasteiger partial charge in [-0.2, -0.15) is 0 Å². The zero-order valence-electron chi connectivity index (χ0n) is 7.21. The molecule has 1 aliphatic carbocycles. The summed E-state index contributed by atoms with van der Waals surface area (Å²) in [6.45, 7) is 2.28. The zero-order chi connectivity index (χ0) is 8.55. The van der Waals surface area contributed by atoms with Crippen LogP contribution in [0.5, 0.6) is 0 Å². The highest BCUT2D eigenvalue weighted by atomic mass is 32.1. The van der Waals surface area contributed by atoms with Gasteiger partial charge >= 0.3 is 0 Å². The predicted molar refractivity (Wildman–Crippen MR) is 49.4 cm³/mol. The highest BCUT2D eigenvalue weighted by molar-refractivity contribution is 7.11. The van der Waals surface area contributed by atoms with Crippen molar-refractivity contribution in [2.75, 3.05) is 0 Å². The van der Waals surface area contributed by atoms with Crippen LogP contribution in [0.3, 0.4) is 0 Å². The molecule has 1 fully saturated rings.